The molecule has 4 rings (SSSR count). The summed E-state index contributed by atoms with van der Waals surface area (Å²) in [4.78, 5) is 7.02. The van der Waals surface area contributed by atoms with Crippen LogP contribution >= 0.6 is 21.6 Å². The van der Waals surface area contributed by atoms with Gasteiger partial charge in [0, 0.05) is 75.3 Å². The quantitative estimate of drug-likeness (QED) is 0.0844. The van der Waals surface area contributed by atoms with Crippen molar-refractivity contribution in [2.24, 2.45) is 0 Å². The Morgan fingerprint density at radius 2 is 1.20 bits per heavy atom. The summed E-state index contributed by atoms with van der Waals surface area (Å²) in [7, 11) is 8.41. The maximum atomic E-state index is 2.36. The van der Waals surface area contributed by atoms with Crippen molar-refractivity contribution in [2.75, 3.05) is 61.6 Å². The monoisotopic (exact) mass is 625 g/mol. The Bertz CT molecular complexity index is 1380. The van der Waals surface area contributed by atoms with Gasteiger partial charge in [-0.25, -0.2) is 4.57 Å². The number of pyridine rings is 1. The second-order valence-corrected chi connectivity index (χ2v) is 13.8. The summed E-state index contributed by atoms with van der Waals surface area (Å²) in [6, 6.07) is 22.1. The maximum absolute atomic E-state index is 2.36. The Hall–Kier alpha value is -3.35. The number of hydrogen-bond acceptors (Lipinski definition) is 5. The molecule has 0 saturated carbocycles. The van der Waals surface area contributed by atoms with Crippen molar-refractivity contribution in [1.29, 1.82) is 0 Å². The molecule has 0 radical (unpaired) electrons. The van der Waals surface area contributed by atoms with Crippen molar-refractivity contribution >= 4 is 51.2 Å². The summed E-state index contributed by atoms with van der Waals surface area (Å²) in [5.41, 5.74) is 7.53. The number of aryl methyl sites for hydroxylation is 1. The molecular weight excluding hydrogens is 577 g/mol. The number of likely N-dealkylation sites (N-methyl/N-ethyl adjacent to an activating group) is 1. The van der Waals surface area contributed by atoms with Crippen molar-refractivity contribution < 1.29 is 4.57 Å². The van der Waals surface area contributed by atoms with Crippen LogP contribution in [0.5, 0.6) is 0 Å². The van der Waals surface area contributed by atoms with Gasteiger partial charge in [-0.05, 0) is 85.5 Å². The van der Waals surface area contributed by atoms with E-state index in [-0.39, 0.29) is 0 Å². The van der Waals surface area contributed by atoms with Gasteiger partial charge in [0.2, 0.25) is 0 Å². The summed E-state index contributed by atoms with van der Waals surface area (Å²) in [6.45, 7) is 9.54. The average molecular weight is 626 g/mol. The SMILES string of the molecule is CCN1C=CC(/C=C/c2ccc(N(C)CCCSSCCCN(C)c3ccc(/C=C/c4cc[n+](CC)cc4)cc3)cc2)=CC1. The van der Waals surface area contributed by atoms with Crippen LogP contribution in [0.2, 0.25) is 0 Å². The average Bonchev–Trinajstić information content (AvgIpc) is 3.08. The minimum atomic E-state index is 0.994. The van der Waals surface area contributed by atoms with E-state index < -0.39 is 0 Å². The highest BCUT2D eigenvalue weighted by Crippen LogP contribution is 2.24. The Morgan fingerprint density at radius 3 is 1.66 bits per heavy atom. The van der Waals surface area contributed by atoms with E-state index in [1.165, 1.54) is 58.0 Å². The summed E-state index contributed by atoms with van der Waals surface area (Å²) < 4.78 is 2.17. The molecule has 0 aliphatic carbocycles. The Labute approximate surface area is 274 Å². The second-order valence-electron chi connectivity index (χ2n) is 11.1. The van der Waals surface area contributed by atoms with Crippen LogP contribution in [0.15, 0.2) is 103 Å². The molecule has 0 atom stereocenters. The van der Waals surface area contributed by atoms with Gasteiger partial charge in [-0.2, -0.15) is 0 Å². The van der Waals surface area contributed by atoms with Gasteiger partial charge in [0.15, 0.2) is 12.4 Å². The van der Waals surface area contributed by atoms with E-state index in [9.17, 15) is 0 Å². The second kappa shape index (κ2) is 18.5. The zero-order valence-electron chi connectivity index (χ0n) is 26.9. The van der Waals surface area contributed by atoms with E-state index in [1.807, 2.05) is 21.6 Å². The lowest BCUT2D eigenvalue weighted by Gasteiger charge is -2.20. The number of hydrogen-bond donors (Lipinski definition) is 0. The lowest BCUT2D eigenvalue weighted by atomic mass is 10.1. The summed E-state index contributed by atoms with van der Waals surface area (Å²) in [5, 5.41) is 0. The van der Waals surface area contributed by atoms with Gasteiger partial charge in [-0.15, -0.1) is 0 Å². The van der Waals surface area contributed by atoms with Gasteiger partial charge < -0.3 is 14.7 Å². The largest absolute Gasteiger partial charge is 0.375 e. The fourth-order valence-corrected chi connectivity index (χ4v) is 7.00. The first kappa shape index (κ1) is 33.5. The van der Waals surface area contributed by atoms with Crippen molar-refractivity contribution in [3.8, 4) is 0 Å². The third-order valence-electron chi connectivity index (χ3n) is 7.86. The molecule has 1 aliphatic heterocycles. The van der Waals surface area contributed by atoms with E-state index in [2.05, 4.69) is 163 Å². The maximum Gasteiger partial charge on any atom is 0.169 e. The highest BCUT2D eigenvalue weighted by molar-refractivity contribution is 8.76. The number of aromatic nitrogens is 1. The van der Waals surface area contributed by atoms with Crippen molar-refractivity contribution in [2.45, 2.75) is 33.2 Å². The molecule has 6 heteroatoms. The van der Waals surface area contributed by atoms with Gasteiger partial charge in [0.1, 0.15) is 6.54 Å². The highest BCUT2D eigenvalue weighted by Gasteiger charge is 2.04. The normalized spacial score (nSPS) is 13.2. The zero-order chi connectivity index (χ0) is 31.0. The first-order valence-electron chi connectivity index (χ1n) is 15.9. The standard InChI is InChI=1S/C38H49N4S2/c1-5-41-27-21-35(22-28-41)11-9-33-13-17-37(18-14-33)39(3)25-7-31-43-44-32-8-26-40(4)38-19-15-34(16-20-38)10-12-36-23-29-42(6-2)30-24-36/h9-24,27-29H,5-8,25-26,30-32H2,1-4H3/q+1/b12-10+. The lowest BCUT2D eigenvalue weighted by Crippen LogP contribution is -2.30. The van der Waals surface area contributed by atoms with E-state index in [4.69, 9.17) is 0 Å². The first-order chi connectivity index (χ1) is 21.5. The van der Waals surface area contributed by atoms with E-state index in [1.54, 1.807) is 0 Å². The van der Waals surface area contributed by atoms with Crippen molar-refractivity contribution in [3.05, 3.63) is 120 Å². The molecule has 0 fully saturated rings. The van der Waals surface area contributed by atoms with Gasteiger partial charge >= 0.3 is 0 Å². The van der Waals surface area contributed by atoms with Crippen LogP contribution in [0.3, 0.4) is 0 Å². The molecule has 3 aromatic rings. The summed E-state index contributed by atoms with van der Waals surface area (Å²) in [5.74, 6) is 2.36. The van der Waals surface area contributed by atoms with Crippen LogP contribution < -0.4 is 14.4 Å². The fourth-order valence-electron chi connectivity index (χ4n) is 4.85. The van der Waals surface area contributed by atoms with Crippen LogP contribution in [0.4, 0.5) is 11.4 Å². The third kappa shape index (κ3) is 11.3. The molecule has 0 N–H and O–H groups in total. The van der Waals surface area contributed by atoms with E-state index in [0.717, 1.165) is 32.7 Å². The number of benzene rings is 2. The van der Waals surface area contributed by atoms with Gasteiger partial charge in [-0.3, -0.25) is 0 Å². The van der Waals surface area contributed by atoms with Crippen molar-refractivity contribution in [3.63, 3.8) is 0 Å². The zero-order valence-corrected chi connectivity index (χ0v) is 28.6. The van der Waals surface area contributed by atoms with Gasteiger partial charge in [0.25, 0.3) is 0 Å². The molecular formula is C38H49N4S2+. The van der Waals surface area contributed by atoms with Crippen LogP contribution in [-0.2, 0) is 6.54 Å². The van der Waals surface area contributed by atoms with E-state index in [0.29, 0.717) is 0 Å². The highest BCUT2D eigenvalue weighted by atomic mass is 33.1. The smallest absolute Gasteiger partial charge is 0.169 e. The van der Waals surface area contributed by atoms with E-state index >= 15 is 0 Å². The predicted octanol–water partition coefficient (Wildman–Crippen LogP) is 8.69. The van der Waals surface area contributed by atoms with Crippen LogP contribution in [0.1, 0.15) is 43.4 Å². The summed E-state index contributed by atoms with van der Waals surface area (Å²) in [6.07, 6.45) is 22.1. The first-order valence-corrected chi connectivity index (χ1v) is 18.4. The molecule has 0 bridgehead atoms. The molecule has 2 aromatic carbocycles. The topological polar surface area (TPSA) is 13.6 Å². The van der Waals surface area contributed by atoms with Gasteiger partial charge in [0.05, 0.1) is 0 Å². The van der Waals surface area contributed by atoms with Crippen molar-refractivity contribution in [1.82, 2.24) is 4.90 Å². The summed E-state index contributed by atoms with van der Waals surface area (Å²) >= 11 is 0. The van der Waals surface area contributed by atoms with Crippen LogP contribution in [0.25, 0.3) is 18.2 Å². The number of anilines is 2. The number of rotatable bonds is 17. The molecule has 0 unspecified atom stereocenters. The molecule has 4 nitrogen and oxygen atoms in total. The number of nitrogens with zero attached hydrogens (tertiary/aromatic N) is 4. The minimum Gasteiger partial charge on any atom is -0.375 e. The molecule has 1 aromatic heterocycles. The molecule has 2 heterocycles. The Kier molecular flexibility index (Phi) is 14.1. The van der Waals surface area contributed by atoms with Gasteiger partial charge in [-0.1, -0.05) is 76.2 Å². The molecule has 0 saturated heterocycles. The molecule has 232 valence electrons. The molecule has 0 spiro atoms. The third-order valence-corrected chi connectivity index (χ3v) is 10.4. The molecule has 0 amide bonds. The number of allylic oxidation sites excluding steroid dienone is 3. The Balaban J connectivity index is 1.06. The van der Waals surface area contributed by atoms with Crippen LogP contribution in [0, 0.1) is 0 Å². The predicted molar refractivity (Wildman–Crippen MR) is 198 cm³/mol. The van der Waals surface area contributed by atoms with Crippen LogP contribution in [-0.4, -0.2) is 56.7 Å². The minimum absolute atomic E-state index is 0.994. The fraction of sp³-hybridized carbons (Fsp3) is 0.342. The lowest BCUT2D eigenvalue weighted by molar-refractivity contribution is -0.693. The Morgan fingerprint density at radius 1 is 0.705 bits per heavy atom. The molecule has 1 aliphatic rings. The molecule has 44 heavy (non-hydrogen) atoms.